The molecule has 4 nitrogen and oxygen atoms in total. The molecule has 1 aliphatic rings. The number of nitrogens with one attached hydrogen (secondary N) is 1. The Morgan fingerprint density at radius 3 is 2.38 bits per heavy atom. The van der Waals surface area contributed by atoms with Gasteiger partial charge in [0.15, 0.2) is 0 Å². The topological polar surface area (TPSA) is 33.7 Å². The van der Waals surface area contributed by atoms with Crippen LogP contribution in [0.4, 0.5) is 11.4 Å². The van der Waals surface area contributed by atoms with Crippen molar-refractivity contribution in [3.63, 3.8) is 0 Å². The molecule has 1 N–H and O–H groups in total. The van der Waals surface area contributed by atoms with Crippen LogP contribution >= 0.6 is 15.9 Å². The lowest BCUT2D eigenvalue weighted by molar-refractivity contribution is 0.122. The fourth-order valence-electron chi connectivity index (χ4n) is 3.32. The quantitative estimate of drug-likeness (QED) is 0.514. The molecule has 0 aliphatic carbocycles. The van der Waals surface area contributed by atoms with Crippen molar-refractivity contribution < 1.29 is 9.47 Å². The average molecular weight is 453 g/mol. The van der Waals surface area contributed by atoms with Gasteiger partial charge < -0.3 is 19.7 Å². The Hall–Kier alpha value is -2.50. The number of hydrogen-bond acceptors (Lipinski definition) is 4. The predicted molar refractivity (Wildman–Crippen MR) is 122 cm³/mol. The van der Waals surface area contributed by atoms with Crippen LogP contribution in [0.15, 0.2) is 77.3 Å². The van der Waals surface area contributed by atoms with E-state index in [1.54, 1.807) is 0 Å². The molecule has 3 aromatic rings. The average Bonchev–Trinajstić information content (AvgIpc) is 2.79. The van der Waals surface area contributed by atoms with Gasteiger partial charge in [-0.25, -0.2) is 0 Å². The number of hydrogen-bond donors (Lipinski definition) is 1. The zero-order valence-electron chi connectivity index (χ0n) is 16.3. The van der Waals surface area contributed by atoms with E-state index in [0.29, 0.717) is 6.61 Å². The minimum Gasteiger partial charge on any atom is -0.488 e. The smallest absolute Gasteiger partial charge is 0.134 e. The minimum absolute atomic E-state index is 0.562. The molecule has 0 spiro atoms. The van der Waals surface area contributed by atoms with Gasteiger partial charge in [-0.05, 0) is 63.5 Å². The monoisotopic (exact) mass is 452 g/mol. The van der Waals surface area contributed by atoms with Crippen LogP contribution in [0.5, 0.6) is 5.75 Å². The van der Waals surface area contributed by atoms with Gasteiger partial charge in [-0.15, -0.1) is 0 Å². The van der Waals surface area contributed by atoms with Gasteiger partial charge in [-0.2, -0.15) is 0 Å². The summed E-state index contributed by atoms with van der Waals surface area (Å²) in [5.74, 6) is 0.854. The molecule has 0 saturated carbocycles. The summed E-state index contributed by atoms with van der Waals surface area (Å²) in [7, 11) is 0. The molecule has 0 unspecified atom stereocenters. The molecule has 150 valence electrons. The largest absolute Gasteiger partial charge is 0.488 e. The first kappa shape index (κ1) is 19.8. The standard InChI is InChI=1S/C24H25BrN2O2/c25-23-16-20(6-11-24(23)29-18-19-4-2-1-3-5-19)17-26-21-7-9-22(10-8-21)27-12-14-28-15-13-27/h1-11,16,26H,12-15,17-18H2. The molecular formula is C24H25BrN2O2. The third kappa shape index (κ3) is 5.52. The minimum atomic E-state index is 0.562. The molecule has 0 atom stereocenters. The van der Waals surface area contributed by atoms with Gasteiger partial charge in [0, 0.05) is 31.0 Å². The summed E-state index contributed by atoms with van der Waals surface area (Å²) >= 11 is 3.63. The number of anilines is 2. The van der Waals surface area contributed by atoms with Gasteiger partial charge >= 0.3 is 0 Å². The maximum atomic E-state index is 5.93. The third-order valence-electron chi connectivity index (χ3n) is 4.97. The molecular weight excluding hydrogens is 428 g/mol. The third-order valence-corrected chi connectivity index (χ3v) is 5.59. The number of nitrogens with zero attached hydrogens (tertiary/aromatic N) is 1. The van der Waals surface area contributed by atoms with Crippen LogP contribution in [-0.4, -0.2) is 26.3 Å². The summed E-state index contributed by atoms with van der Waals surface area (Å²) in [5, 5.41) is 3.49. The lowest BCUT2D eigenvalue weighted by atomic mass is 10.2. The normalized spacial score (nSPS) is 13.9. The van der Waals surface area contributed by atoms with Crippen LogP contribution in [0.25, 0.3) is 0 Å². The molecule has 1 fully saturated rings. The van der Waals surface area contributed by atoms with Crippen molar-refractivity contribution in [2.24, 2.45) is 0 Å². The van der Waals surface area contributed by atoms with Gasteiger partial charge in [0.1, 0.15) is 12.4 Å². The van der Waals surface area contributed by atoms with Gasteiger partial charge in [0.05, 0.1) is 17.7 Å². The van der Waals surface area contributed by atoms with Crippen molar-refractivity contribution in [2.75, 3.05) is 36.5 Å². The lowest BCUT2D eigenvalue weighted by Gasteiger charge is -2.28. The van der Waals surface area contributed by atoms with Gasteiger partial charge in [-0.3, -0.25) is 0 Å². The molecule has 29 heavy (non-hydrogen) atoms. The maximum absolute atomic E-state index is 5.93. The summed E-state index contributed by atoms with van der Waals surface area (Å²) in [6.07, 6.45) is 0. The van der Waals surface area contributed by atoms with Gasteiger partial charge in [0.25, 0.3) is 0 Å². The number of benzene rings is 3. The Labute approximate surface area is 180 Å². The Morgan fingerprint density at radius 1 is 0.897 bits per heavy atom. The second-order valence-corrected chi connectivity index (χ2v) is 7.89. The lowest BCUT2D eigenvalue weighted by Crippen LogP contribution is -2.36. The van der Waals surface area contributed by atoms with E-state index in [2.05, 4.69) is 74.7 Å². The van der Waals surface area contributed by atoms with E-state index in [4.69, 9.17) is 9.47 Å². The number of rotatable bonds is 7. The fraction of sp³-hybridized carbons (Fsp3) is 0.250. The van der Waals surface area contributed by atoms with Crippen LogP contribution < -0.4 is 15.0 Å². The summed E-state index contributed by atoms with van der Waals surface area (Å²) in [6.45, 7) is 4.85. The van der Waals surface area contributed by atoms with Crippen LogP contribution in [0.1, 0.15) is 11.1 Å². The number of halogens is 1. The van der Waals surface area contributed by atoms with Gasteiger partial charge in [-0.1, -0.05) is 36.4 Å². The van der Waals surface area contributed by atoms with E-state index >= 15 is 0 Å². The first-order chi connectivity index (χ1) is 14.3. The molecule has 4 rings (SSSR count). The zero-order valence-corrected chi connectivity index (χ0v) is 17.9. The summed E-state index contributed by atoms with van der Waals surface area (Å²) < 4.78 is 12.3. The molecule has 1 saturated heterocycles. The zero-order chi connectivity index (χ0) is 19.9. The SMILES string of the molecule is Brc1cc(CNc2ccc(N3CCOCC3)cc2)ccc1OCc1ccccc1. The van der Waals surface area contributed by atoms with Crippen molar-refractivity contribution in [2.45, 2.75) is 13.2 Å². The van der Waals surface area contributed by atoms with Crippen LogP contribution in [0.3, 0.4) is 0 Å². The van der Waals surface area contributed by atoms with Crippen molar-refractivity contribution >= 4 is 27.3 Å². The van der Waals surface area contributed by atoms with Crippen LogP contribution in [-0.2, 0) is 17.9 Å². The highest BCUT2D eigenvalue weighted by atomic mass is 79.9. The first-order valence-corrected chi connectivity index (χ1v) is 10.7. The molecule has 0 radical (unpaired) electrons. The Balaban J connectivity index is 1.31. The highest BCUT2D eigenvalue weighted by Crippen LogP contribution is 2.27. The molecule has 1 aliphatic heterocycles. The molecule has 5 heteroatoms. The van der Waals surface area contributed by atoms with Crippen LogP contribution in [0.2, 0.25) is 0 Å². The Morgan fingerprint density at radius 2 is 1.66 bits per heavy atom. The second kappa shape index (κ2) is 9.81. The van der Waals surface area contributed by atoms with Crippen LogP contribution in [0, 0.1) is 0 Å². The summed E-state index contributed by atoms with van der Waals surface area (Å²) in [6, 6.07) is 25.0. The highest BCUT2D eigenvalue weighted by molar-refractivity contribution is 9.10. The molecule has 0 amide bonds. The van der Waals surface area contributed by atoms with E-state index in [0.717, 1.165) is 54.3 Å². The summed E-state index contributed by atoms with van der Waals surface area (Å²) in [5.41, 5.74) is 4.72. The Bertz CT molecular complexity index is 910. The Kier molecular flexibility index (Phi) is 6.70. The van der Waals surface area contributed by atoms with E-state index in [-0.39, 0.29) is 0 Å². The molecule has 0 bridgehead atoms. The second-order valence-electron chi connectivity index (χ2n) is 7.04. The molecule has 3 aromatic carbocycles. The van der Waals surface area contributed by atoms with Crippen molar-refractivity contribution in [3.8, 4) is 5.75 Å². The maximum Gasteiger partial charge on any atom is 0.134 e. The predicted octanol–water partition coefficient (Wildman–Crippen LogP) is 5.48. The van der Waals surface area contributed by atoms with E-state index in [9.17, 15) is 0 Å². The van der Waals surface area contributed by atoms with E-state index in [1.807, 2.05) is 24.3 Å². The highest BCUT2D eigenvalue weighted by Gasteiger charge is 2.10. The fourth-order valence-corrected chi connectivity index (χ4v) is 3.86. The van der Waals surface area contributed by atoms with E-state index < -0.39 is 0 Å². The van der Waals surface area contributed by atoms with Crippen molar-refractivity contribution in [1.29, 1.82) is 0 Å². The number of morpholine rings is 1. The van der Waals surface area contributed by atoms with Crippen molar-refractivity contribution in [3.05, 3.63) is 88.4 Å². The summed E-state index contributed by atoms with van der Waals surface area (Å²) in [4.78, 5) is 2.36. The van der Waals surface area contributed by atoms with Crippen molar-refractivity contribution in [1.82, 2.24) is 0 Å². The molecule has 0 aromatic heterocycles. The molecule has 1 heterocycles. The number of ether oxygens (including phenoxy) is 2. The van der Waals surface area contributed by atoms with Gasteiger partial charge in [0.2, 0.25) is 0 Å². The van der Waals surface area contributed by atoms with E-state index in [1.165, 1.54) is 11.3 Å². The first-order valence-electron chi connectivity index (χ1n) is 9.90.